The van der Waals surface area contributed by atoms with Gasteiger partial charge < -0.3 is 14.6 Å². The van der Waals surface area contributed by atoms with Crippen molar-refractivity contribution in [3.05, 3.63) is 71.5 Å². The molecule has 7 heteroatoms. The predicted molar refractivity (Wildman–Crippen MR) is 118 cm³/mol. The van der Waals surface area contributed by atoms with E-state index in [4.69, 9.17) is 4.74 Å². The quantitative estimate of drug-likeness (QED) is 0.583. The van der Waals surface area contributed by atoms with Crippen molar-refractivity contribution in [2.45, 2.75) is 43.4 Å². The van der Waals surface area contributed by atoms with Crippen LogP contribution < -0.4 is 10.1 Å². The molecular weight excluding hydrogens is 396 g/mol. The van der Waals surface area contributed by atoms with Crippen molar-refractivity contribution in [1.82, 2.24) is 20.1 Å². The third-order valence-electron chi connectivity index (χ3n) is 5.30. The second kappa shape index (κ2) is 9.80. The molecule has 6 nitrogen and oxygen atoms in total. The molecule has 1 aliphatic heterocycles. The molecule has 1 aliphatic rings. The summed E-state index contributed by atoms with van der Waals surface area (Å²) in [5.41, 5.74) is 2.05. The van der Waals surface area contributed by atoms with Crippen LogP contribution in [-0.4, -0.2) is 33.5 Å². The molecule has 0 saturated carbocycles. The summed E-state index contributed by atoms with van der Waals surface area (Å²) in [6, 6.07) is 17.6. The maximum Gasteiger partial charge on any atom is 0.231 e. The SMILES string of the molecule is COc1ccc([C@@H](NC(=O)CSc2nnc3n2CCCCC3)c2ccccc2)cc1. The Morgan fingerprint density at radius 3 is 2.60 bits per heavy atom. The minimum atomic E-state index is -0.222. The number of aromatic nitrogens is 3. The maximum atomic E-state index is 12.8. The number of hydrogen-bond acceptors (Lipinski definition) is 5. The van der Waals surface area contributed by atoms with E-state index in [1.807, 2.05) is 54.6 Å². The second-order valence-electron chi connectivity index (χ2n) is 7.33. The fourth-order valence-electron chi connectivity index (χ4n) is 3.70. The molecule has 0 unspecified atom stereocenters. The van der Waals surface area contributed by atoms with Crippen LogP contribution in [0, 0.1) is 0 Å². The summed E-state index contributed by atoms with van der Waals surface area (Å²) in [6.07, 6.45) is 4.48. The van der Waals surface area contributed by atoms with E-state index in [2.05, 4.69) is 20.1 Å². The number of nitrogens with zero attached hydrogens (tertiary/aromatic N) is 3. The van der Waals surface area contributed by atoms with Gasteiger partial charge in [0.2, 0.25) is 5.91 Å². The van der Waals surface area contributed by atoms with Gasteiger partial charge in [-0.1, -0.05) is 60.6 Å². The number of aryl methyl sites for hydroxylation is 1. The zero-order valence-electron chi connectivity index (χ0n) is 17.1. The number of benzene rings is 2. The van der Waals surface area contributed by atoms with Crippen molar-refractivity contribution >= 4 is 17.7 Å². The van der Waals surface area contributed by atoms with E-state index < -0.39 is 0 Å². The van der Waals surface area contributed by atoms with Crippen molar-refractivity contribution in [2.75, 3.05) is 12.9 Å². The molecule has 0 fully saturated rings. The minimum absolute atomic E-state index is 0.0318. The third kappa shape index (κ3) is 4.84. The molecular formula is C23H26N4O2S. The fourth-order valence-corrected chi connectivity index (χ4v) is 4.49. The number of methoxy groups -OCH3 is 1. The summed E-state index contributed by atoms with van der Waals surface area (Å²) in [4.78, 5) is 12.8. The molecule has 0 aliphatic carbocycles. The molecule has 1 amide bonds. The Balaban J connectivity index is 1.46. The number of ether oxygens (including phenoxy) is 1. The molecule has 3 aromatic rings. The van der Waals surface area contributed by atoms with Crippen LogP contribution in [-0.2, 0) is 17.8 Å². The van der Waals surface area contributed by atoms with E-state index in [-0.39, 0.29) is 11.9 Å². The number of hydrogen-bond donors (Lipinski definition) is 1. The summed E-state index contributed by atoms with van der Waals surface area (Å²) in [5.74, 6) is 2.10. The highest BCUT2D eigenvalue weighted by molar-refractivity contribution is 7.99. The number of carbonyl (C=O) groups excluding carboxylic acids is 1. The number of amides is 1. The predicted octanol–water partition coefficient (Wildman–Crippen LogP) is 4.01. The maximum absolute atomic E-state index is 12.8. The van der Waals surface area contributed by atoms with Gasteiger partial charge in [-0.25, -0.2) is 0 Å². The van der Waals surface area contributed by atoms with E-state index in [9.17, 15) is 4.79 Å². The van der Waals surface area contributed by atoms with E-state index >= 15 is 0 Å². The zero-order chi connectivity index (χ0) is 20.8. The van der Waals surface area contributed by atoms with Crippen molar-refractivity contribution < 1.29 is 9.53 Å². The summed E-state index contributed by atoms with van der Waals surface area (Å²) < 4.78 is 7.43. The minimum Gasteiger partial charge on any atom is -0.497 e. The van der Waals surface area contributed by atoms with Crippen LogP contribution in [0.4, 0.5) is 0 Å². The number of carbonyl (C=O) groups is 1. The van der Waals surface area contributed by atoms with E-state index in [1.165, 1.54) is 18.2 Å². The van der Waals surface area contributed by atoms with Gasteiger partial charge in [-0.3, -0.25) is 4.79 Å². The van der Waals surface area contributed by atoms with Crippen LogP contribution in [0.3, 0.4) is 0 Å². The molecule has 30 heavy (non-hydrogen) atoms. The van der Waals surface area contributed by atoms with Crippen molar-refractivity contribution in [3.8, 4) is 5.75 Å². The number of thioether (sulfide) groups is 1. The molecule has 1 N–H and O–H groups in total. The average molecular weight is 423 g/mol. The van der Waals surface area contributed by atoms with Crippen LogP contribution in [0.1, 0.15) is 42.3 Å². The first kappa shape index (κ1) is 20.5. The lowest BCUT2D eigenvalue weighted by molar-refractivity contribution is -0.119. The lowest BCUT2D eigenvalue weighted by Crippen LogP contribution is -2.30. The van der Waals surface area contributed by atoms with Crippen LogP contribution in [0.5, 0.6) is 5.75 Å². The summed E-state index contributed by atoms with van der Waals surface area (Å²) in [7, 11) is 1.65. The van der Waals surface area contributed by atoms with Gasteiger partial charge in [-0.2, -0.15) is 0 Å². The van der Waals surface area contributed by atoms with Crippen LogP contribution in [0.2, 0.25) is 0 Å². The molecule has 1 atom stereocenters. The average Bonchev–Trinajstić information content (AvgIpc) is 3.02. The fraction of sp³-hybridized carbons (Fsp3) is 0.348. The lowest BCUT2D eigenvalue weighted by atomic mass is 9.98. The van der Waals surface area contributed by atoms with Crippen molar-refractivity contribution in [3.63, 3.8) is 0 Å². The summed E-state index contributed by atoms with van der Waals surface area (Å²) in [5, 5.41) is 12.6. The summed E-state index contributed by atoms with van der Waals surface area (Å²) >= 11 is 1.45. The zero-order valence-corrected chi connectivity index (χ0v) is 17.9. The Labute approximate surface area is 181 Å². The van der Waals surface area contributed by atoms with Gasteiger partial charge in [0.15, 0.2) is 5.16 Å². The molecule has 156 valence electrons. The highest BCUT2D eigenvalue weighted by Gasteiger charge is 2.19. The second-order valence-corrected chi connectivity index (χ2v) is 8.28. The molecule has 4 rings (SSSR count). The number of nitrogens with one attached hydrogen (secondary N) is 1. The normalized spacial score (nSPS) is 14.4. The third-order valence-corrected chi connectivity index (χ3v) is 6.26. The molecule has 0 radical (unpaired) electrons. The Morgan fingerprint density at radius 2 is 1.83 bits per heavy atom. The van der Waals surface area contributed by atoms with E-state index in [1.54, 1.807) is 7.11 Å². The van der Waals surface area contributed by atoms with Crippen LogP contribution in [0.15, 0.2) is 59.8 Å². The first-order valence-corrected chi connectivity index (χ1v) is 11.3. The van der Waals surface area contributed by atoms with Gasteiger partial charge in [0.25, 0.3) is 0 Å². The first-order chi connectivity index (χ1) is 14.7. The van der Waals surface area contributed by atoms with Gasteiger partial charge >= 0.3 is 0 Å². The van der Waals surface area contributed by atoms with Crippen molar-refractivity contribution in [1.29, 1.82) is 0 Å². The highest BCUT2D eigenvalue weighted by Crippen LogP contribution is 2.25. The smallest absolute Gasteiger partial charge is 0.231 e. The van der Waals surface area contributed by atoms with E-state index in [0.717, 1.165) is 53.7 Å². The lowest BCUT2D eigenvalue weighted by Gasteiger charge is -2.20. The molecule has 0 spiro atoms. The van der Waals surface area contributed by atoms with Gasteiger partial charge in [0.05, 0.1) is 18.9 Å². The Hall–Kier alpha value is -2.80. The highest BCUT2D eigenvalue weighted by atomic mass is 32.2. The Morgan fingerprint density at radius 1 is 1.07 bits per heavy atom. The first-order valence-electron chi connectivity index (χ1n) is 10.3. The largest absolute Gasteiger partial charge is 0.497 e. The molecule has 0 bridgehead atoms. The monoisotopic (exact) mass is 422 g/mol. The Bertz CT molecular complexity index is 973. The molecule has 1 aromatic heterocycles. The number of rotatable bonds is 7. The topological polar surface area (TPSA) is 69.0 Å². The van der Waals surface area contributed by atoms with E-state index in [0.29, 0.717) is 5.75 Å². The van der Waals surface area contributed by atoms with Gasteiger partial charge in [-0.15, -0.1) is 10.2 Å². The summed E-state index contributed by atoms with van der Waals surface area (Å²) in [6.45, 7) is 0.935. The Kier molecular flexibility index (Phi) is 6.69. The number of fused-ring (bicyclic) bond motifs is 1. The van der Waals surface area contributed by atoms with Gasteiger partial charge in [-0.05, 0) is 36.1 Å². The van der Waals surface area contributed by atoms with Gasteiger partial charge in [0, 0.05) is 13.0 Å². The van der Waals surface area contributed by atoms with Gasteiger partial charge in [0.1, 0.15) is 11.6 Å². The molecule has 2 aromatic carbocycles. The molecule has 2 heterocycles. The van der Waals surface area contributed by atoms with Crippen molar-refractivity contribution in [2.24, 2.45) is 0 Å². The van der Waals surface area contributed by atoms with Crippen LogP contribution >= 0.6 is 11.8 Å². The standard InChI is InChI=1S/C23H26N4O2S/c1-29-19-13-11-18(12-14-19)22(17-8-4-2-5-9-17)24-21(28)16-30-23-26-25-20-10-6-3-7-15-27(20)23/h2,4-5,8-9,11-14,22H,3,6-7,10,15-16H2,1H3,(H,24,28)/t22-/m0/s1. The molecule has 0 saturated heterocycles. The van der Waals surface area contributed by atoms with Crippen LogP contribution in [0.25, 0.3) is 0 Å².